The van der Waals surface area contributed by atoms with E-state index in [1.165, 1.54) is 7.11 Å². The van der Waals surface area contributed by atoms with Crippen molar-refractivity contribution in [3.05, 3.63) is 17.8 Å². The zero-order valence-corrected chi connectivity index (χ0v) is 14.0. The maximum atomic E-state index is 12.1. The summed E-state index contributed by atoms with van der Waals surface area (Å²) in [5.41, 5.74) is 0.185. The molecule has 0 bridgehead atoms. The van der Waals surface area contributed by atoms with Gasteiger partial charge in [0.1, 0.15) is 5.56 Å². The van der Waals surface area contributed by atoms with Crippen molar-refractivity contribution in [2.45, 2.75) is 45.8 Å². The topological polar surface area (TPSA) is 69.7 Å². The number of carbonyl (C=O) groups excluding carboxylic acids is 1. The van der Waals surface area contributed by atoms with Crippen LogP contribution in [0.15, 0.2) is 12.3 Å². The second kappa shape index (κ2) is 5.89. The lowest BCUT2D eigenvalue weighted by Crippen LogP contribution is -2.41. The molecule has 7 heteroatoms. The van der Waals surface area contributed by atoms with Gasteiger partial charge in [-0.1, -0.05) is 0 Å². The molecule has 1 saturated heterocycles. The van der Waals surface area contributed by atoms with Crippen LogP contribution in [0.1, 0.15) is 45.0 Å². The number of amides is 1. The summed E-state index contributed by atoms with van der Waals surface area (Å²) in [4.78, 5) is 16.3. The van der Waals surface area contributed by atoms with Gasteiger partial charge >= 0.3 is 7.12 Å². The lowest BCUT2D eigenvalue weighted by molar-refractivity contribution is 0.00578. The lowest BCUT2D eigenvalue weighted by atomic mass is 9.79. The Morgan fingerprint density at radius 2 is 1.91 bits per heavy atom. The Balaban J connectivity index is 2.34. The Hall–Kier alpha value is -1.60. The minimum Gasteiger partial charge on any atom is -0.480 e. The fourth-order valence-corrected chi connectivity index (χ4v) is 2.16. The van der Waals surface area contributed by atoms with Gasteiger partial charge in [-0.05, 0) is 40.7 Å². The van der Waals surface area contributed by atoms with Crippen molar-refractivity contribution in [2.75, 3.05) is 13.7 Å². The molecule has 22 heavy (non-hydrogen) atoms. The van der Waals surface area contributed by atoms with E-state index in [-0.39, 0.29) is 11.8 Å². The molecule has 6 nitrogen and oxygen atoms in total. The van der Waals surface area contributed by atoms with Gasteiger partial charge in [0.25, 0.3) is 5.91 Å². The van der Waals surface area contributed by atoms with Crippen LogP contribution in [-0.4, -0.2) is 42.9 Å². The Morgan fingerprint density at radius 1 is 1.32 bits per heavy atom. The van der Waals surface area contributed by atoms with Gasteiger partial charge in [0.2, 0.25) is 5.88 Å². The molecule has 0 unspecified atom stereocenters. The molecule has 1 N–H and O–H groups in total. The Bertz CT molecular complexity index is 559. The normalized spacial score (nSPS) is 19.1. The Kier molecular flexibility index (Phi) is 4.49. The van der Waals surface area contributed by atoms with Gasteiger partial charge in [0.15, 0.2) is 0 Å². The third-order valence-corrected chi connectivity index (χ3v) is 4.17. The van der Waals surface area contributed by atoms with Crippen LogP contribution in [0.2, 0.25) is 0 Å². The first kappa shape index (κ1) is 16.8. The van der Waals surface area contributed by atoms with E-state index in [4.69, 9.17) is 14.0 Å². The zero-order chi connectivity index (χ0) is 16.5. The van der Waals surface area contributed by atoms with Gasteiger partial charge in [-0.15, -0.1) is 0 Å². The van der Waals surface area contributed by atoms with Gasteiger partial charge in [0, 0.05) is 18.2 Å². The van der Waals surface area contributed by atoms with Gasteiger partial charge in [-0.2, -0.15) is 0 Å². The molecule has 0 atom stereocenters. The van der Waals surface area contributed by atoms with Gasteiger partial charge in [-0.25, -0.2) is 4.98 Å². The fourth-order valence-electron chi connectivity index (χ4n) is 2.16. The molecule has 1 aliphatic heterocycles. The molecule has 0 saturated carbocycles. The quantitative estimate of drug-likeness (QED) is 0.845. The van der Waals surface area contributed by atoms with Crippen LogP contribution in [0, 0.1) is 0 Å². The SMILES string of the molecule is CCNC(=O)c1cc(B2OC(C)(C)C(C)(C)O2)cnc1OC. The van der Waals surface area contributed by atoms with E-state index in [1.54, 1.807) is 12.3 Å². The lowest BCUT2D eigenvalue weighted by Gasteiger charge is -2.32. The van der Waals surface area contributed by atoms with Crippen molar-refractivity contribution in [3.63, 3.8) is 0 Å². The smallest absolute Gasteiger partial charge is 0.480 e. The standard InChI is InChI=1S/C15H23BN2O4/c1-7-17-12(19)11-8-10(9-18-13(11)20-6)16-21-14(2,3)15(4,5)22-16/h8-9H,7H2,1-6H3,(H,17,19). The van der Waals surface area contributed by atoms with Crippen molar-refractivity contribution in [1.29, 1.82) is 0 Å². The van der Waals surface area contributed by atoms with E-state index >= 15 is 0 Å². The first-order chi connectivity index (χ1) is 10.2. The van der Waals surface area contributed by atoms with Crippen LogP contribution in [0.4, 0.5) is 0 Å². The molecule has 2 heterocycles. The first-order valence-electron chi connectivity index (χ1n) is 7.39. The van der Waals surface area contributed by atoms with E-state index in [9.17, 15) is 4.79 Å². The minimum absolute atomic E-state index is 0.231. The first-order valence-corrected chi connectivity index (χ1v) is 7.39. The Morgan fingerprint density at radius 3 is 2.41 bits per heavy atom. The number of methoxy groups -OCH3 is 1. The molecule has 1 fully saturated rings. The number of pyridine rings is 1. The van der Waals surface area contributed by atoms with Crippen molar-refractivity contribution >= 4 is 18.5 Å². The summed E-state index contributed by atoms with van der Waals surface area (Å²) in [5.74, 6) is 0.0523. The molecule has 0 radical (unpaired) electrons. The highest BCUT2D eigenvalue weighted by atomic mass is 16.7. The Labute approximate surface area is 131 Å². The largest absolute Gasteiger partial charge is 0.496 e. The summed E-state index contributed by atoms with van der Waals surface area (Å²) in [7, 11) is 0.927. The number of aromatic nitrogens is 1. The maximum Gasteiger partial charge on any atom is 0.496 e. The summed E-state index contributed by atoms with van der Waals surface area (Å²) in [5, 5.41) is 2.75. The minimum atomic E-state index is -0.559. The fraction of sp³-hybridized carbons (Fsp3) is 0.600. The molecule has 0 aromatic carbocycles. The molecule has 1 aromatic rings. The summed E-state index contributed by atoms with van der Waals surface area (Å²) in [6.45, 7) is 10.3. The second-order valence-electron chi connectivity index (χ2n) is 6.27. The van der Waals surface area contributed by atoms with Gasteiger partial charge in [-0.3, -0.25) is 4.79 Å². The average Bonchev–Trinajstić information content (AvgIpc) is 2.67. The monoisotopic (exact) mass is 306 g/mol. The summed E-state index contributed by atoms with van der Waals surface area (Å²) < 4.78 is 17.1. The number of nitrogens with zero attached hydrogens (tertiary/aromatic N) is 1. The highest BCUT2D eigenvalue weighted by Gasteiger charge is 2.52. The highest BCUT2D eigenvalue weighted by molar-refractivity contribution is 6.62. The second-order valence-corrected chi connectivity index (χ2v) is 6.27. The summed E-state index contributed by atoms with van der Waals surface area (Å²) >= 11 is 0. The molecule has 2 rings (SSSR count). The van der Waals surface area contributed by atoms with Crippen molar-refractivity contribution < 1.29 is 18.8 Å². The van der Waals surface area contributed by atoms with E-state index in [0.717, 1.165) is 0 Å². The maximum absolute atomic E-state index is 12.1. The van der Waals surface area contributed by atoms with Crippen LogP contribution in [0.25, 0.3) is 0 Å². The predicted molar refractivity (Wildman–Crippen MR) is 84.5 cm³/mol. The van der Waals surface area contributed by atoms with E-state index < -0.39 is 18.3 Å². The number of hydrogen-bond acceptors (Lipinski definition) is 5. The third-order valence-electron chi connectivity index (χ3n) is 4.17. The summed E-state index contributed by atoms with van der Waals surface area (Å²) in [6, 6.07) is 1.71. The number of rotatable bonds is 4. The van der Waals surface area contributed by atoms with Gasteiger partial charge in [0.05, 0.1) is 18.3 Å². The van der Waals surface area contributed by atoms with Crippen molar-refractivity contribution in [1.82, 2.24) is 10.3 Å². The van der Waals surface area contributed by atoms with Crippen LogP contribution < -0.4 is 15.5 Å². The number of hydrogen-bond donors (Lipinski definition) is 1. The molecule has 1 amide bonds. The zero-order valence-electron chi connectivity index (χ0n) is 14.0. The van der Waals surface area contributed by atoms with Crippen LogP contribution in [-0.2, 0) is 9.31 Å². The summed E-state index contributed by atoms with van der Waals surface area (Å²) in [6.07, 6.45) is 1.61. The molecule has 0 aliphatic carbocycles. The van der Waals surface area contributed by atoms with Crippen LogP contribution in [0.3, 0.4) is 0 Å². The number of carbonyl (C=O) groups is 1. The number of nitrogens with one attached hydrogen (secondary N) is 1. The average molecular weight is 306 g/mol. The molecule has 120 valence electrons. The highest BCUT2D eigenvalue weighted by Crippen LogP contribution is 2.36. The van der Waals surface area contributed by atoms with Crippen LogP contribution >= 0.6 is 0 Å². The third kappa shape index (κ3) is 2.96. The van der Waals surface area contributed by atoms with Crippen molar-refractivity contribution in [3.8, 4) is 5.88 Å². The molecule has 0 spiro atoms. The van der Waals surface area contributed by atoms with Crippen LogP contribution in [0.5, 0.6) is 5.88 Å². The van der Waals surface area contributed by atoms with E-state index in [0.29, 0.717) is 17.6 Å². The number of ether oxygens (including phenoxy) is 1. The molecular formula is C15H23BN2O4. The molecule has 1 aromatic heterocycles. The van der Waals surface area contributed by atoms with Gasteiger partial charge < -0.3 is 19.4 Å². The predicted octanol–water partition coefficient (Wildman–Crippen LogP) is 1.14. The van der Waals surface area contributed by atoms with E-state index in [1.807, 2.05) is 34.6 Å². The van der Waals surface area contributed by atoms with Crippen molar-refractivity contribution in [2.24, 2.45) is 0 Å². The molecule has 1 aliphatic rings. The van der Waals surface area contributed by atoms with E-state index in [2.05, 4.69) is 10.3 Å². The molecular weight excluding hydrogens is 283 g/mol.